The van der Waals surface area contributed by atoms with Gasteiger partial charge in [0.2, 0.25) is 5.82 Å². The number of aromatic nitrogens is 3. The molecule has 0 unspecified atom stereocenters. The lowest BCUT2D eigenvalue weighted by Gasteiger charge is -2.08. The summed E-state index contributed by atoms with van der Waals surface area (Å²) >= 11 is 0. The lowest BCUT2D eigenvalue weighted by Crippen LogP contribution is -2.06. The van der Waals surface area contributed by atoms with Crippen molar-refractivity contribution in [3.63, 3.8) is 0 Å². The van der Waals surface area contributed by atoms with Gasteiger partial charge in [0.1, 0.15) is 12.2 Å². The zero-order chi connectivity index (χ0) is 20.5. The number of benzene rings is 1. The van der Waals surface area contributed by atoms with Crippen molar-refractivity contribution in [2.75, 3.05) is 0 Å². The number of hydrogen-bond acceptors (Lipinski definition) is 8. The molecule has 0 bridgehead atoms. The molecule has 3 heterocycles. The molecular weight excluding hydrogens is 374 g/mol. The Morgan fingerprint density at radius 3 is 2.72 bits per heavy atom. The van der Waals surface area contributed by atoms with E-state index in [4.69, 9.17) is 13.7 Å². The molecule has 3 aromatic heterocycles. The van der Waals surface area contributed by atoms with E-state index in [2.05, 4.69) is 15.1 Å². The van der Waals surface area contributed by atoms with E-state index in [-0.39, 0.29) is 18.1 Å². The average molecular weight is 391 g/mol. The highest BCUT2D eigenvalue weighted by Crippen LogP contribution is 2.27. The number of aryl methyl sites for hydroxylation is 2. The normalized spacial score (nSPS) is 11.0. The highest BCUT2D eigenvalue weighted by atomic mass is 16.5. The average Bonchev–Trinajstić information content (AvgIpc) is 3.17. The van der Waals surface area contributed by atoms with Gasteiger partial charge in [-0.05, 0) is 25.5 Å². The van der Waals surface area contributed by atoms with Gasteiger partial charge in [-0.3, -0.25) is 9.78 Å². The Morgan fingerprint density at radius 2 is 1.97 bits per heavy atom. The summed E-state index contributed by atoms with van der Waals surface area (Å²) in [6.07, 6.45) is 1.58. The van der Waals surface area contributed by atoms with Gasteiger partial charge in [-0.15, -0.1) is 0 Å². The quantitative estimate of drug-likeness (QED) is 0.486. The largest absolute Gasteiger partial charge is 0.461 e. The van der Waals surface area contributed by atoms with Crippen LogP contribution in [0, 0.1) is 13.8 Å². The molecule has 29 heavy (non-hydrogen) atoms. The third-order valence-corrected chi connectivity index (χ3v) is 4.51. The van der Waals surface area contributed by atoms with Crippen LogP contribution in [0.4, 0.5) is 0 Å². The highest BCUT2D eigenvalue weighted by molar-refractivity contribution is 5.85. The summed E-state index contributed by atoms with van der Waals surface area (Å²) in [5, 5.41) is 4.58. The summed E-state index contributed by atoms with van der Waals surface area (Å²) in [6, 6.07) is 9.20. The van der Waals surface area contributed by atoms with Crippen LogP contribution >= 0.6 is 0 Å². The van der Waals surface area contributed by atoms with Gasteiger partial charge < -0.3 is 13.7 Å². The lowest BCUT2D eigenvalue weighted by atomic mass is 10.1. The van der Waals surface area contributed by atoms with E-state index in [1.54, 1.807) is 19.2 Å². The van der Waals surface area contributed by atoms with Gasteiger partial charge in [-0.2, -0.15) is 4.98 Å². The minimum absolute atomic E-state index is 0.00453. The Balaban J connectivity index is 1.83. The number of pyridine rings is 1. The maximum atomic E-state index is 12.6. The van der Waals surface area contributed by atoms with Gasteiger partial charge in [-0.1, -0.05) is 29.4 Å². The Hall–Kier alpha value is -3.81. The zero-order valence-corrected chi connectivity index (χ0v) is 16.1. The zero-order valence-electron chi connectivity index (χ0n) is 16.1. The van der Waals surface area contributed by atoms with Gasteiger partial charge in [-0.25, -0.2) is 4.79 Å². The summed E-state index contributed by atoms with van der Waals surface area (Å²) in [4.78, 5) is 32.3. The summed E-state index contributed by atoms with van der Waals surface area (Å²) in [5.74, 6) is 0.00607. The van der Waals surface area contributed by atoms with Gasteiger partial charge in [0.15, 0.2) is 5.58 Å². The molecule has 0 aliphatic carbocycles. The fourth-order valence-electron chi connectivity index (χ4n) is 2.99. The first-order valence-corrected chi connectivity index (χ1v) is 8.90. The minimum Gasteiger partial charge on any atom is -0.461 e. The second-order valence-corrected chi connectivity index (χ2v) is 6.58. The molecule has 4 rings (SSSR count). The van der Waals surface area contributed by atoms with Crippen molar-refractivity contribution in [3.05, 3.63) is 63.8 Å². The molecule has 0 aliphatic heterocycles. The first kappa shape index (κ1) is 18.5. The van der Waals surface area contributed by atoms with Crippen molar-refractivity contribution in [1.82, 2.24) is 15.1 Å². The Kier molecular flexibility index (Phi) is 4.67. The van der Waals surface area contributed by atoms with Crippen LogP contribution in [0.25, 0.3) is 33.8 Å². The molecule has 0 saturated heterocycles. The second-order valence-electron chi connectivity index (χ2n) is 6.58. The molecule has 8 nitrogen and oxygen atoms in total. The molecule has 0 atom stereocenters. The topological polar surface area (TPSA) is 108 Å². The smallest absolute Gasteiger partial charge is 0.349 e. The number of rotatable bonds is 4. The summed E-state index contributed by atoms with van der Waals surface area (Å²) in [7, 11) is 0. The van der Waals surface area contributed by atoms with Crippen LogP contribution in [-0.2, 0) is 16.1 Å². The highest BCUT2D eigenvalue weighted by Gasteiger charge is 2.19. The first-order chi connectivity index (χ1) is 13.9. The van der Waals surface area contributed by atoms with Crippen LogP contribution in [0.5, 0.6) is 0 Å². The van der Waals surface area contributed by atoms with Gasteiger partial charge in [0.25, 0.3) is 5.89 Å². The standard InChI is InChI=1S/C21H17N3O5/c1-11-6-4-5-7-15(11)19-23-20(29-24-19)17-8-16-14(10-27-13(3)25)9-22-12(2)18(16)28-21(17)26/h4-9H,10H2,1-3H3. The molecule has 0 radical (unpaired) electrons. The maximum absolute atomic E-state index is 12.6. The monoisotopic (exact) mass is 391 g/mol. The van der Waals surface area contributed by atoms with Crippen molar-refractivity contribution in [1.29, 1.82) is 0 Å². The van der Waals surface area contributed by atoms with E-state index in [0.29, 0.717) is 28.1 Å². The van der Waals surface area contributed by atoms with Crippen molar-refractivity contribution >= 4 is 16.9 Å². The van der Waals surface area contributed by atoms with Crippen LogP contribution in [0.1, 0.15) is 23.7 Å². The minimum atomic E-state index is -0.619. The fourth-order valence-corrected chi connectivity index (χ4v) is 2.99. The summed E-state index contributed by atoms with van der Waals surface area (Å²) < 4.78 is 15.9. The Bertz CT molecular complexity index is 1290. The Labute approximate surface area is 165 Å². The predicted octanol–water partition coefficient (Wildman–Crippen LogP) is 3.58. The van der Waals surface area contributed by atoms with E-state index in [9.17, 15) is 9.59 Å². The van der Waals surface area contributed by atoms with Crippen molar-refractivity contribution in [2.45, 2.75) is 27.4 Å². The maximum Gasteiger partial charge on any atom is 0.349 e. The first-order valence-electron chi connectivity index (χ1n) is 8.90. The molecule has 0 saturated carbocycles. The summed E-state index contributed by atoms with van der Waals surface area (Å²) in [6.45, 7) is 4.99. The fraction of sp³-hybridized carbons (Fsp3) is 0.190. The number of carbonyl (C=O) groups excluding carboxylic acids is 1. The van der Waals surface area contributed by atoms with Gasteiger partial charge in [0.05, 0.1) is 5.69 Å². The third kappa shape index (κ3) is 3.52. The number of hydrogen-bond donors (Lipinski definition) is 0. The van der Waals surface area contributed by atoms with Gasteiger partial charge in [0, 0.05) is 29.6 Å². The molecule has 146 valence electrons. The third-order valence-electron chi connectivity index (χ3n) is 4.51. The second kappa shape index (κ2) is 7.31. The van der Waals surface area contributed by atoms with E-state index >= 15 is 0 Å². The van der Waals surface area contributed by atoms with E-state index in [1.807, 2.05) is 31.2 Å². The Morgan fingerprint density at radius 1 is 1.17 bits per heavy atom. The van der Waals surface area contributed by atoms with Crippen LogP contribution in [0.3, 0.4) is 0 Å². The number of fused-ring (bicyclic) bond motifs is 1. The molecule has 8 heteroatoms. The number of nitrogens with zero attached hydrogens (tertiary/aromatic N) is 3. The summed E-state index contributed by atoms with van der Waals surface area (Å²) in [5.41, 5.74) is 2.76. The molecule has 1 aromatic carbocycles. The van der Waals surface area contributed by atoms with E-state index in [0.717, 1.165) is 11.1 Å². The molecular formula is C21H17N3O5. The van der Waals surface area contributed by atoms with Crippen molar-refractivity contribution in [2.24, 2.45) is 0 Å². The van der Waals surface area contributed by atoms with Crippen molar-refractivity contribution in [3.8, 4) is 22.8 Å². The van der Waals surface area contributed by atoms with Crippen LogP contribution in [0.15, 0.2) is 50.3 Å². The van der Waals surface area contributed by atoms with E-state index < -0.39 is 11.6 Å². The number of esters is 1. The lowest BCUT2D eigenvalue weighted by molar-refractivity contribution is -0.142. The van der Waals surface area contributed by atoms with Crippen molar-refractivity contribution < 1.29 is 18.5 Å². The molecule has 0 fully saturated rings. The van der Waals surface area contributed by atoms with Crippen LogP contribution in [-0.4, -0.2) is 21.1 Å². The van der Waals surface area contributed by atoms with Gasteiger partial charge >= 0.3 is 11.6 Å². The number of ether oxygens (including phenoxy) is 1. The molecule has 0 spiro atoms. The molecule has 0 amide bonds. The van der Waals surface area contributed by atoms with E-state index in [1.165, 1.54) is 6.92 Å². The predicted molar refractivity (Wildman–Crippen MR) is 104 cm³/mol. The van der Waals surface area contributed by atoms with Crippen LogP contribution < -0.4 is 5.63 Å². The molecule has 0 N–H and O–H groups in total. The number of carbonyl (C=O) groups is 1. The molecule has 0 aliphatic rings. The SMILES string of the molecule is CC(=O)OCc1cnc(C)c2oc(=O)c(-c3nc(-c4ccccc4C)no3)cc12. The van der Waals surface area contributed by atoms with Crippen LogP contribution in [0.2, 0.25) is 0 Å². The molecule has 4 aromatic rings.